The normalized spacial score (nSPS) is 15.6. The van der Waals surface area contributed by atoms with Gasteiger partial charge in [0.05, 0.1) is 21.4 Å². The Morgan fingerprint density at radius 1 is 0.745 bits per heavy atom. The fourth-order valence-corrected chi connectivity index (χ4v) is 6.80. The second kappa shape index (κ2) is 18.6. The van der Waals surface area contributed by atoms with Gasteiger partial charge in [0, 0.05) is 48.6 Å². The van der Waals surface area contributed by atoms with E-state index in [-0.39, 0.29) is 6.09 Å². The summed E-state index contributed by atoms with van der Waals surface area (Å²) in [7, 11) is 0. The van der Waals surface area contributed by atoms with Crippen LogP contribution in [0.1, 0.15) is 57.8 Å². The van der Waals surface area contributed by atoms with E-state index in [1.807, 2.05) is 54.7 Å². The summed E-state index contributed by atoms with van der Waals surface area (Å²) in [5.41, 5.74) is 1.28. The Bertz CT molecular complexity index is 1710. The van der Waals surface area contributed by atoms with Gasteiger partial charge in [-0.05, 0) is 120 Å². The molecule has 276 valence electrons. The zero-order valence-corrected chi connectivity index (χ0v) is 32.3. The zero-order valence-electron chi connectivity index (χ0n) is 29.3. The molecule has 0 aliphatic carbocycles. The average Bonchev–Trinajstić information content (AvgIpc) is 3.73. The first-order chi connectivity index (χ1) is 24.4. The smallest absolute Gasteiger partial charge is 0.410 e. The first-order valence-corrected chi connectivity index (χ1v) is 18.8. The molecule has 51 heavy (non-hydrogen) atoms. The molecule has 2 aromatic heterocycles. The molecule has 4 heterocycles. The van der Waals surface area contributed by atoms with Crippen molar-refractivity contribution in [3.05, 3.63) is 92.4 Å². The van der Waals surface area contributed by atoms with E-state index >= 15 is 0 Å². The summed E-state index contributed by atoms with van der Waals surface area (Å²) in [4.78, 5) is 14.0. The molecule has 2 aliphatic rings. The van der Waals surface area contributed by atoms with Crippen LogP contribution in [-0.4, -0.2) is 62.3 Å². The molecular weight excluding hydrogens is 734 g/mol. The van der Waals surface area contributed by atoms with Gasteiger partial charge in [-0.3, -0.25) is 9.36 Å². The number of nitrogens with zero attached hydrogens (tertiary/aromatic N) is 5. The SMILES string of the molecule is CC(C)(C)OC(=O)N1CCC(Cn2ccc(COc3ccc(Cl)cc3Cl)n2)CC1.Clc1ccc(OCc2ccn(CC3CCNCC3)n2)c(Cl)c1. The lowest BCUT2D eigenvalue weighted by atomic mass is 9.97. The van der Waals surface area contributed by atoms with Crippen molar-refractivity contribution in [2.24, 2.45) is 11.8 Å². The maximum atomic E-state index is 12.2. The Hall–Kier alpha value is -3.15. The monoisotopic (exact) mass is 778 g/mol. The Morgan fingerprint density at radius 2 is 1.22 bits per heavy atom. The van der Waals surface area contributed by atoms with Crippen molar-refractivity contribution in [2.75, 3.05) is 26.2 Å². The first-order valence-electron chi connectivity index (χ1n) is 17.3. The second-order valence-corrected chi connectivity index (χ2v) is 15.6. The second-order valence-electron chi connectivity index (χ2n) is 13.9. The molecule has 0 saturated carbocycles. The van der Waals surface area contributed by atoms with E-state index in [1.54, 1.807) is 41.3 Å². The largest absolute Gasteiger partial charge is 0.486 e. The number of rotatable bonds is 10. The van der Waals surface area contributed by atoms with Crippen LogP contribution < -0.4 is 14.8 Å². The number of amides is 1. The fraction of sp³-hybridized carbons (Fsp3) is 0.486. The van der Waals surface area contributed by atoms with Crippen molar-refractivity contribution in [1.29, 1.82) is 0 Å². The van der Waals surface area contributed by atoms with Crippen LogP contribution in [0.3, 0.4) is 0 Å². The first kappa shape index (κ1) is 39.1. The van der Waals surface area contributed by atoms with Crippen molar-refractivity contribution in [3.63, 3.8) is 0 Å². The van der Waals surface area contributed by atoms with E-state index in [2.05, 4.69) is 15.5 Å². The van der Waals surface area contributed by atoms with Gasteiger partial charge in [0.25, 0.3) is 0 Å². The van der Waals surface area contributed by atoms with Gasteiger partial charge in [-0.2, -0.15) is 10.2 Å². The highest BCUT2D eigenvalue weighted by molar-refractivity contribution is 6.36. The van der Waals surface area contributed by atoms with Gasteiger partial charge in [0.15, 0.2) is 0 Å². The maximum Gasteiger partial charge on any atom is 0.410 e. The molecule has 0 atom stereocenters. The summed E-state index contributed by atoms with van der Waals surface area (Å²) in [6.45, 7) is 11.8. The number of carbonyl (C=O) groups excluding carboxylic acids is 1. The van der Waals surface area contributed by atoms with Gasteiger partial charge >= 0.3 is 6.09 Å². The summed E-state index contributed by atoms with van der Waals surface area (Å²) in [6, 6.07) is 14.3. The maximum absolute atomic E-state index is 12.2. The van der Waals surface area contributed by atoms with Gasteiger partial charge in [-0.15, -0.1) is 0 Å². The molecule has 0 spiro atoms. The molecule has 2 fully saturated rings. The van der Waals surface area contributed by atoms with Crippen molar-refractivity contribution in [2.45, 2.75) is 78.4 Å². The number of aromatic nitrogens is 4. The molecule has 1 amide bonds. The molecule has 14 heteroatoms. The van der Waals surface area contributed by atoms with Gasteiger partial charge in [0.2, 0.25) is 0 Å². The highest BCUT2D eigenvalue weighted by atomic mass is 35.5. The minimum absolute atomic E-state index is 0.227. The molecule has 10 nitrogen and oxygen atoms in total. The summed E-state index contributed by atoms with van der Waals surface area (Å²) in [5, 5.41) is 14.7. The Labute approximate surface area is 320 Å². The van der Waals surface area contributed by atoms with Crippen LogP contribution >= 0.6 is 46.4 Å². The molecule has 1 N–H and O–H groups in total. The van der Waals surface area contributed by atoms with E-state index in [9.17, 15) is 4.79 Å². The van der Waals surface area contributed by atoms with Crippen LogP contribution in [0.25, 0.3) is 0 Å². The number of benzene rings is 2. The lowest BCUT2D eigenvalue weighted by molar-refractivity contribution is 0.0177. The third-order valence-electron chi connectivity index (χ3n) is 8.55. The number of carbonyl (C=O) groups is 1. The standard InChI is InChI=1S/C21H27Cl2N3O3.C16H19Cl2N3O/c1-21(2,3)29-20(27)25-9-6-15(7-10-25)13-26-11-8-17(24-26)14-28-19-5-4-16(22)12-18(19)23;17-13-1-2-16(15(18)9-13)22-11-14-5-8-21(20-14)10-12-3-6-19-7-4-12/h4-5,8,11-12,15H,6-7,9-10,13-14H2,1-3H3;1-2,5,8-9,12,19H,3-4,6-7,10-11H2. The summed E-state index contributed by atoms with van der Waals surface area (Å²) >= 11 is 24.0. The lowest BCUT2D eigenvalue weighted by Crippen LogP contribution is -2.42. The predicted molar refractivity (Wildman–Crippen MR) is 202 cm³/mol. The molecule has 0 unspecified atom stereocenters. The minimum Gasteiger partial charge on any atom is -0.486 e. The Balaban J connectivity index is 0.000000205. The number of nitrogens with one attached hydrogen (secondary N) is 1. The van der Waals surface area contributed by atoms with Crippen molar-refractivity contribution in [3.8, 4) is 11.5 Å². The van der Waals surface area contributed by atoms with E-state index in [0.29, 0.717) is 69.7 Å². The van der Waals surface area contributed by atoms with Crippen molar-refractivity contribution >= 4 is 52.5 Å². The third kappa shape index (κ3) is 12.8. The van der Waals surface area contributed by atoms with Crippen LogP contribution in [-0.2, 0) is 31.0 Å². The third-order valence-corrected chi connectivity index (χ3v) is 9.61. The quantitative estimate of drug-likeness (QED) is 0.172. The van der Waals surface area contributed by atoms with Gasteiger partial charge in [-0.1, -0.05) is 46.4 Å². The van der Waals surface area contributed by atoms with Gasteiger partial charge in [-0.25, -0.2) is 4.79 Å². The topological polar surface area (TPSA) is 95.7 Å². The van der Waals surface area contributed by atoms with E-state index in [4.69, 9.17) is 60.6 Å². The van der Waals surface area contributed by atoms with Crippen molar-refractivity contribution < 1.29 is 19.0 Å². The van der Waals surface area contributed by atoms with Crippen LogP contribution in [0, 0.1) is 11.8 Å². The molecule has 2 aliphatic heterocycles. The predicted octanol–water partition coefficient (Wildman–Crippen LogP) is 9.18. The Kier molecular flexibility index (Phi) is 14.2. The molecule has 0 bridgehead atoms. The molecule has 0 radical (unpaired) electrons. The number of likely N-dealkylation sites (tertiary alicyclic amines) is 1. The fourth-order valence-electron chi connectivity index (χ4n) is 5.87. The molecule has 4 aromatic rings. The average molecular weight is 781 g/mol. The summed E-state index contributed by atoms with van der Waals surface area (Å²) in [5.74, 6) is 2.40. The number of piperidine rings is 2. The highest BCUT2D eigenvalue weighted by Gasteiger charge is 2.27. The van der Waals surface area contributed by atoms with Gasteiger partial charge < -0.3 is 24.4 Å². The summed E-state index contributed by atoms with van der Waals surface area (Å²) in [6.07, 6.45) is 8.05. The van der Waals surface area contributed by atoms with E-state index < -0.39 is 5.60 Å². The van der Waals surface area contributed by atoms with E-state index in [1.165, 1.54) is 12.8 Å². The van der Waals surface area contributed by atoms with Crippen LogP contribution in [0.2, 0.25) is 20.1 Å². The molecule has 2 saturated heterocycles. The van der Waals surface area contributed by atoms with Crippen LogP contribution in [0.5, 0.6) is 11.5 Å². The lowest BCUT2D eigenvalue weighted by Gasteiger charge is -2.33. The zero-order chi connectivity index (χ0) is 36.4. The number of halogens is 4. The number of ether oxygens (including phenoxy) is 3. The Morgan fingerprint density at radius 3 is 1.67 bits per heavy atom. The molecular formula is C37H46Cl4N6O4. The minimum atomic E-state index is -0.461. The molecule has 2 aromatic carbocycles. The summed E-state index contributed by atoms with van der Waals surface area (Å²) < 4.78 is 20.8. The molecule has 6 rings (SSSR count). The highest BCUT2D eigenvalue weighted by Crippen LogP contribution is 2.29. The van der Waals surface area contributed by atoms with Crippen molar-refractivity contribution in [1.82, 2.24) is 29.8 Å². The number of hydrogen-bond donors (Lipinski definition) is 1. The van der Waals surface area contributed by atoms with Crippen LogP contribution in [0.15, 0.2) is 60.9 Å². The van der Waals surface area contributed by atoms with Crippen LogP contribution in [0.4, 0.5) is 4.79 Å². The van der Waals surface area contributed by atoms with E-state index in [0.717, 1.165) is 50.4 Å². The van der Waals surface area contributed by atoms with Gasteiger partial charge in [0.1, 0.15) is 30.3 Å². The number of hydrogen-bond acceptors (Lipinski definition) is 7.